The molecule has 2 aromatic heterocycles. The minimum absolute atomic E-state index is 0.0661. The van der Waals surface area contributed by atoms with Gasteiger partial charge in [0.2, 0.25) is 11.8 Å². The van der Waals surface area contributed by atoms with E-state index in [1.807, 2.05) is 45.0 Å². The number of benzene rings is 2. The molecule has 9 heteroatoms. The van der Waals surface area contributed by atoms with Gasteiger partial charge in [-0.05, 0) is 69.3 Å². The lowest BCUT2D eigenvalue weighted by Gasteiger charge is -2.17. The first-order chi connectivity index (χ1) is 16.3. The van der Waals surface area contributed by atoms with Crippen LogP contribution >= 0.6 is 11.3 Å². The number of hydrogen-bond acceptors (Lipinski definition) is 7. The number of nitrogens with zero attached hydrogens (tertiary/aromatic N) is 4. The predicted octanol–water partition coefficient (Wildman–Crippen LogP) is 4.80. The van der Waals surface area contributed by atoms with Crippen LogP contribution in [0.15, 0.2) is 48.5 Å². The Morgan fingerprint density at radius 3 is 2.50 bits per heavy atom. The predicted molar refractivity (Wildman–Crippen MR) is 131 cm³/mol. The second-order valence-corrected chi connectivity index (χ2v) is 9.57. The molecular weight excluding hydrogens is 450 g/mol. The van der Waals surface area contributed by atoms with Crippen LogP contribution < -0.4 is 15.0 Å². The molecule has 8 nitrogen and oxygen atoms in total. The zero-order chi connectivity index (χ0) is 23.8. The third-order valence-electron chi connectivity index (χ3n) is 5.58. The summed E-state index contributed by atoms with van der Waals surface area (Å²) in [4.78, 5) is 40.2. The lowest BCUT2D eigenvalue weighted by Crippen LogP contribution is -2.28. The highest BCUT2D eigenvalue weighted by Crippen LogP contribution is 2.31. The van der Waals surface area contributed by atoms with E-state index < -0.39 is 5.92 Å². The summed E-state index contributed by atoms with van der Waals surface area (Å²) in [5, 5.41) is 3.88. The standard InChI is InChI=1S/C25H23N5O3S/c1-14-10-15(2)27-25(26-14)33-20-7-4-18(5-8-20)29-24(32)17-11-23(31)30(13-17)19-6-9-22-21(12-19)28-16(3)34-22/h4-10,12,17H,11,13H2,1-3H3,(H,29,32). The van der Waals surface area contributed by atoms with Gasteiger partial charge in [-0.15, -0.1) is 11.3 Å². The average Bonchev–Trinajstić information content (AvgIpc) is 3.35. The quantitative estimate of drug-likeness (QED) is 0.447. The molecule has 2 amide bonds. The van der Waals surface area contributed by atoms with Crippen molar-refractivity contribution in [1.82, 2.24) is 15.0 Å². The summed E-state index contributed by atoms with van der Waals surface area (Å²) in [6, 6.07) is 14.9. The molecule has 0 bridgehead atoms. The van der Waals surface area contributed by atoms with Crippen LogP contribution in [0.3, 0.4) is 0 Å². The largest absolute Gasteiger partial charge is 0.424 e. The molecule has 0 saturated carbocycles. The third kappa shape index (κ3) is 4.60. The van der Waals surface area contributed by atoms with Gasteiger partial charge in [0.1, 0.15) is 5.75 Å². The van der Waals surface area contributed by atoms with Crippen molar-refractivity contribution >= 4 is 44.7 Å². The molecule has 1 aliphatic heterocycles. The van der Waals surface area contributed by atoms with Gasteiger partial charge in [-0.2, -0.15) is 0 Å². The Morgan fingerprint density at radius 1 is 1.03 bits per heavy atom. The fraction of sp³-hybridized carbons (Fsp3) is 0.240. The molecule has 1 atom stereocenters. The van der Waals surface area contributed by atoms with E-state index in [1.165, 1.54) is 0 Å². The molecular formula is C25H23N5O3S. The minimum atomic E-state index is -0.431. The molecule has 1 saturated heterocycles. The summed E-state index contributed by atoms with van der Waals surface area (Å²) in [6.07, 6.45) is 0.172. The second kappa shape index (κ2) is 8.83. The molecule has 4 aromatic rings. The number of aryl methyl sites for hydroxylation is 3. The van der Waals surface area contributed by atoms with Gasteiger partial charge in [-0.1, -0.05) is 0 Å². The van der Waals surface area contributed by atoms with E-state index in [2.05, 4.69) is 20.3 Å². The van der Waals surface area contributed by atoms with Crippen molar-refractivity contribution < 1.29 is 14.3 Å². The maximum absolute atomic E-state index is 12.9. The highest BCUT2D eigenvalue weighted by atomic mass is 32.1. The maximum Gasteiger partial charge on any atom is 0.322 e. The summed E-state index contributed by atoms with van der Waals surface area (Å²) in [5.74, 6) is -0.116. The lowest BCUT2D eigenvalue weighted by molar-refractivity contribution is -0.122. The van der Waals surface area contributed by atoms with Crippen molar-refractivity contribution in [3.63, 3.8) is 0 Å². The van der Waals surface area contributed by atoms with Crippen molar-refractivity contribution in [2.45, 2.75) is 27.2 Å². The topological polar surface area (TPSA) is 97.3 Å². The Bertz CT molecular complexity index is 1380. The number of rotatable bonds is 5. The molecule has 3 heterocycles. The number of anilines is 2. The first kappa shape index (κ1) is 22.0. The smallest absolute Gasteiger partial charge is 0.322 e. The number of nitrogens with one attached hydrogen (secondary N) is 1. The van der Waals surface area contributed by atoms with Gasteiger partial charge in [-0.25, -0.2) is 15.0 Å². The average molecular weight is 474 g/mol. The number of ether oxygens (including phenoxy) is 1. The van der Waals surface area contributed by atoms with Gasteiger partial charge in [0.25, 0.3) is 0 Å². The van der Waals surface area contributed by atoms with Gasteiger partial charge >= 0.3 is 6.01 Å². The fourth-order valence-corrected chi connectivity index (χ4v) is 4.83. The van der Waals surface area contributed by atoms with E-state index >= 15 is 0 Å². The Morgan fingerprint density at radius 2 is 1.76 bits per heavy atom. The Labute approximate surface area is 200 Å². The second-order valence-electron chi connectivity index (χ2n) is 8.34. The molecule has 0 radical (unpaired) electrons. The van der Waals surface area contributed by atoms with Crippen molar-refractivity contribution in [2.75, 3.05) is 16.8 Å². The Balaban J connectivity index is 1.23. The van der Waals surface area contributed by atoms with Gasteiger partial charge in [0.05, 0.1) is 21.1 Å². The van der Waals surface area contributed by atoms with Gasteiger partial charge < -0.3 is 15.0 Å². The van der Waals surface area contributed by atoms with Crippen LogP contribution in [0.4, 0.5) is 11.4 Å². The van der Waals surface area contributed by atoms with E-state index in [-0.39, 0.29) is 24.2 Å². The Hall–Kier alpha value is -3.85. The minimum Gasteiger partial charge on any atom is -0.424 e. The zero-order valence-electron chi connectivity index (χ0n) is 19.0. The lowest BCUT2D eigenvalue weighted by atomic mass is 10.1. The van der Waals surface area contributed by atoms with E-state index in [4.69, 9.17) is 4.74 Å². The van der Waals surface area contributed by atoms with Gasteiger partial charge in [-0.3, -0.25) is 9.59 Å². The highest BCUT2D eigenvalue weighted by molar-refractivity contribution is 7.18. The van der Waals surface area contributed by atoms with Crippen LogP contribution in [-0.4, -0.2) is 33.3 Å². The van der Waals surface area contributed by atoms with Crippen molar-refractivity contribution in [1.29, 1.82) is 0 Å². The van der Waals surface area contributed by atoms with Crippen LogP contribution in [0.25, 0.3) is 10.2 Å². The van der Waals surface area contributed by atoms with Crippen LogP contribution in [-0.2, 0) is 9.59 Å². The molecule has 1 unspecified atom stereocenters. The van der Waals surface area contributed by atoms with Crippen molar-refractivity contribution in [3.8, 4) is 11.8 Å². The molecule has 5 rings (SSSR count). The monoisotopic (exact) mass is 473 g/mol. The van der Waals surface area contributed by atoms with E-state index in [0.717, 1.165) is 32.3 Å². The SMILES string of the molecule is Cc1cc(C)nc(Oc2ccc(NC(=O)C3CC(=O)N(c4ccc5sc(C)nc5c4)C3)cc2)n1. The molecule has 172 valence electrons. The van der Waals surface area contributed by atoms with E-state index in [9.17, 15) is 9.59 Å². The van der Waals surface area contributed by atoms with Crippen LogP contribution in [0.5, 0.6) is 11.8 Å². The summed E-state index contributed by atoms with van der Waals surface area (Å²) < 4.78 is 6.80. The van der Waals surface area contributed by atoms with E-state index in [1.54, 1.807) is 40.5 Å². The third-order valence-corrected chi connectivity index (χ3v) is 6.53. The molecule has 1 fully saturated rings. The molecule has 1 N–H and O–H groups in total. The molecule has 1 aliphatic rings. The van der Waals surface area contributed by atoms with Crippen LogP contribution in [0, 0.1) is 26.7 Å². The number of hydrogen-bond donors (Lipinski definition) is 1. The first-order valence-electron chi connectivity index (χ1n) is 10.9. The van der Waals surface area contributed by atoms with Crippen molar-refractivity contribution in [3.05, 3.63) is 64.9 Å². The molecule has 34 heavy (non-hydrogen) atoms. The number of carbonyl (C=O) groups excluding carboxylic acids is 2. The first-order valence-corrected chi connectivity index (χ1v) is 11.7. The summed E-state index contributed by atoms with van der Waals surface area (Å²) >= 11 is 1.62. The summed E-state index contributed by atoms with van der Waals surface area (Å²) in [7, 11) is 0. The zero-order valence-corrected chi connectivity index (χ0v) is 19.8. The van der Waals surface area contributed by atoms with E-state index in [0.29, 0.717) is 18.0 Å². The molecule has 0 spiro atoms. The highest BCUT2D eigenvalue weighted by Gasteiger charge is 2.35. The fourth-order valence-electron chi connectivity index (χ4n) is 4.03. The van der Waals surface area contributed by atoms with Gasteiger partial charge in [0.15, 0.2) is 0 Å². The van der Waals surface area contributed by atoms with Gasteiger partial charge in [0, 0.05) is 35.7 Å². The van der Waals surface area contributed by atoms with Crippen LogP contribution in [0.1, 0.15) is 22.8 Å². The summed E-state index contributed by atoms with van der Waals surface area (Å²) in [5.41, 5.74) is 3.92. The maximum atomic E-state index is 12.9. The molecule has 0 aliphatic carbocycles. The normalized spacial score (nSPS) is 15.7. The number of amides is 2. The number of aromatic nitrogens is 3. The van der Waals surface area contributed by atoms with Crippen molar-refractivity contribution in [2.24, 2.45) is 5.92 Å². The summed E-state index contributed by atoms with van der Waals surface area (Å²) in [6.45, 7) is 6.06. The van der Waals surface area contributed by atoms with Crippen LogP contribution in [0.2, 0.25) is 0 Å². The number of thiazole rings is 1. The number of carbonyl (C=O) groups is 2. The number of fused-ring (bicyclic) bond motifs is 1. The Kier molecular flexibility index (Phi) is 5.70. The molecule has 2 aromatic carbocycles.